The first kappa shape index (κ1) is 16.2. The second-order valence-corrected chi connectivity index (χ2v) is 5.56. The van der Waals surface area contributed by atoms with Crippen molar-refractivity contribution in [1.82, 2.24) is 5.32 Å². The van der Waals surface area contributed by atoms with E-state index in [0.29, 0.717) is 31.2 Å². The van der Waals surface area contributed by atoms with Gasteiger partial charge in [-0.1, -0.05) is 23.7 Å². The van der Waals surface area contributed by atoms with E-state index in [1.807, 2.05) is 12.1 Å². The molecule has 0 aliphatic carbocycles. The van der Waals surface area contributed by atoms with E-state index in [4.69, 9.17) is 21.1 Å². The van der Waals surface area contributed by atoms with E-state index in [-0.39, 0.29) is 12.5 Å². The molecular formula is C15H20ClNO4. The first-order valence-corrected chi connectivity index (χ1v) is 7.34. The SMILES string of the molecule is CC1(C(CCO)C(=O)NCc2ccc(Cl)cc2)OCCO1. The number of nitrogens with one attached hydrogen (secondary N) is 1. The van der Waals surface area contributed by atoms with Gasteiger partial charge in [-0.05, 0) is 31.0 Å². The summed E-state index contributed by atoms with van der Waals surface area (Å²) >= 11 is 5.82. The molecule has 116 valence electrons. The largest absolute Gasteiger partial charge is 0.396 e. The number of benzene rings is 1. The molecule has 0 saturated carbocycles. The maximum absolute atomic E-state index is 12.4. The van der Waals surface area contributed by atoms with Gasteiger partial charge in [0.2, 0.25) is 5.91 Å². The maximum Gasteiger partial charge on any atom is 0.228 e. The van der Waals surface area contributed by atoms with Gasteiger partial charge >= 0.3 is 0 Å². The van der Waals surface area contributed by atoms with Crippen molar-refractivity contribution >= 4 is 17.5 Å². The number of aliphatic hydroxyl groups excluding tert-OH is 1. The van der Waals surface area contributed by atoms with Crippen molar-refractivity contribution in [3.8, 4) is 0 Å². The molecule has 1 aliphatic heterocycles. The number of carbonyl (C=O) groups is 1. The zero-order valence-electron chi connectivity index (χ0n) is 12.0. The first-order valence-electron chi connectivity index (χ1n) is 6.96. The predicted octanol–water partition coefficient (Wildman–Crippen LogP) is 1.72. The molecule has 21 heavy (non-hydrogen) atoms. The molecule has 2 rings (SSSR count). The van der Waals surface area contributed by atoms with Gasteiger partial charge in [0, 0.05) is 18.2 Å². The monoisotopic (exact) mass is 313 g/mol. The fourth-order valence-electron chi connectivity index (χ4n) is 2.41. The normalized spacial score (nSPS) is 18.4. The first-order chi connectivity index (χ1) is 10.0. The molecule has 1 saturated heterocycles. The highest BCUT2D eigenvalue weighted by atomic mass is 35.5. The lowest BCUT2D eigenvalue weighted by Gasteiger charge is -2.30. The molecule has 1 unspecified atom stereocenters. The Labute approximate surface area is 129 Å². The molecule has 5 nitrogen and oxygen atoms in total. The zero-order valence-corrected chi connectivity index (χ0v) is 12.7. The van der Waals surface area contributed by atoms with Crippen LogP contribution in [-0.4, -0.2) is 36.6 Å². The van der Waals surface area contributed by atoms with Crippen LogP contribution in [0.1, 0.15) is 18.9 Å². The summed E-state index contributed by atoms with van der Waals surface area (Å²) < 4.78 is 11.1. The minimum absolute atomic E-state index is 0.0959. The molecule has 0 spiro atoms. The Morgan fingerprint density at radius 1 is 1.38 bits per heavy atom. The van der Waals surface area contributed by atoms with Crippen LogP contribution in [0.25, 0.3) is 0 Å². The van der Waals surface area contributed by atoms with Gasteiger partial charge in [0.15, 0.2) is 5.79 Å². The number of carbonyl (C=O) groups excluding carboxylic acids is 1. The highest BCUT2D eigenvalue weighted by Gasteiger charge is 2.43. The molecule has 1 aromatic carbocycles. The minimum atomic E-state index is -0.965. The zero-order chi connectivity index (χ0) is 15.3. The molecule has 0 aromatic heterocycles. The summed E-state index contributed by atoms with van der Waals surface area (Å²) in [6, 6.07) is 7.26. The molecule has 1 atom stereocenters. The molecule has 1 heterocycles. The van der Waals surface area contributed by atoms with Gasteiger partial charge in [0.05, 0.1) is 19.1 Å². The summed E-state index contributed by atoms with van der Waals surface area (Å²) in [6.07, 6.45) is 0.295. The summed E-state index contributed by atoms with van der Waals surface area (Å²) in [6.45, 7) is 2.96. The standard InChI is InChI=1S/C15H20ClNO4/c1-15(20-8-9-21-15)13(6-7-18)14(19)17-10-11-2-4-12(16)5-3-11/h2-5,13,18H,6-10H2,1H3,(H,17,19). The summed E-state index contributed by atoms with van der Waals surface area (Å²) in [5.41, 5.74) is 0.953. The lowest BCUT2D eigenvalue weighted by atomic mass is 9.95. The minimum Gasteiger partial charge on any atom is -0.396 e. The quantitative estimate of drug-likeness (QED) is 0.839. The molecule has 1 aromatic rings. The second kappa shape index (κ2) is 7.22. The fourth-order valence-corrected chi connectivity index (χ4v) is 2.53. The van der Waals surface area contributed by atoms with Crippen LogP contribution in [0.3, 0.4) is 0 Å². The van der Waals surface area contributed by atoms with Crippen molar-refractivity contribution in [2.75, 3.05) is 19.8 Å². The Hall–Kier alpha value is -1.14. The van der Waals surface area contributed by atoms with Crippen molar-refractivity contribution in [2.24, 2.45) is 5.92 Å². The number of aliphatic hydroxyl groups is 1. The van der Waals surface area contributed by atoms with Crippen molar-refractivity contribution < 1.29 is 19.4 Å². The van der Waals surface area contributed by atoms with Crippen LogP contribution in [0.15, 0.2) is 24.3 Å². The van der Waals surface area contributed by atoms with Gasteiger partial charge < -0.3 is 19.9 Å². The third-order valence-electron chi connectivity index (χ3n) is 3.61. The molecule has 0 radical (unpaired) electrons. The fraction of sp³-hybridized carbons (Fsp3) is 0.533. The summed E-state index contributed by atoms with van der Waals surface area (Å²) in [5, 5.41) is 12.7. The van der Waals surface area contributed by atoms with E-state index in [1.165, 1.54) is 0 Å². The van der Waals surface area contributed by atoms with Crippen LogP contribution in [-0.2, 0) is 20.8 Å². The summed E-state index contributed by atoms with van der Waals surface area (Å²) in [7, 11) is 0. The average molecular weight is 314 g/mol. The Kier molecular flexibility index (Phi) is 5.58. The van der Waals surface area contributed by atoms with E-state index < -0.39 is 11.7 Å². The van der Waals surface area contributed by atoms with Crippen LogP contribution in [0.5, 0.6) is 0 Å². The van der Waals surface area contributed by atoms with Gasteiger partial charge in [-0.25, -0.2) is 0 Å². The maximum atomic E-state index is 12.4. The molecule has 0 bridgehead atoms. The van der Waals surface area contributed by atoms with Gasteiger partial charge in [-0.15, -0.1) is 0 Å². The van der Waals surface area contributed by atoms with Crippen molar-refractivity contribution in [3.05, 3.63) is 34.9 Å². The number of ether oxygens (including phenoxy) is 2. The summed E-state index contributed by atoms with van der Waals surface area (Å²) in [5.74, 6) is -1.70. The molecule has 2 N–H and O–H groups in total. The van der Waals surface area contributed by atoms with E-state index in [9.17, 15) is 9.90 Å². The van der Waals surface area contributed by atoms with Crippen LogP contribution in [0.2, 0.25) is 5.02 Å². The highest BCUT2D eigenvalue weighted by Crippen LogP contribution is 2.30. The van der Waals surface area contributed by atoms with Gasteiger partial charge in [0.25, 0.3) is 0 Å². The molecule has 1 amide bonds. The van der Waals surface area contributed by atoms with E-state index in [1.54, 1.807) is 19.1 Å². The van der Waals surface area contributed by atoms with Gasteiger partial charge in [-0.2, -0.15) is 0 Å². The van der Waals surface area contributed by atoms with E-state index in [2.05, 4.69) is 5.32 Å². The molecule has 1 aliphatic rings. The number of rotatable bonds is 6. The Morgan fingerprint density at radius 2 is 2.00 bits per heavy atom. The molecular weight excluding hydrogens is 294 g/mol. The highest BCUT2D eigenvalue weighted by molar-refractivity contribution is 6.30. The van der Waals surface area contributed by atoms with Crippen LogP contribution >= 0.6 is 11.6 Å². The smallest absolute Gasteiger partial charge is 0.228 e. The molecule has 6 heteroatoms. The topological polar surface area (TPSA) is 67.8 Å². The van der Waals surface area contributed by atoms with Crippen LogP contribution in [0, 0.1) is 5.92 Å². The van der Waals surface area contributed by atoms with Crippen molar-refractivity contribution in [2.45, 2.75) is 25.7 Å². The number of hydrogen-bond donors (Lipinski definition) is 2. The Bertz CT molecular complexity index is 471. The van der Waals surface area contributed by atoms with Gasteiger partial charge in [0.1, 0.15) is 0 Å². The van der Waals surface area contributed by atoms with Gasteiger partial charge in [-0.3, -0.25) is 4.79 Å². The molecule has 1 fully saturated rings. The second-order valence-electron chi connectivity index (χ2n) is 5.12. The summed E-state index contributed by atoms with van der Waals surface area (Å²) in [4.78, 5) is 12.4. The lowest BCUT2D eigenvalue weighted by Crippen LogP contribution is -2.46. The number of hydrogen-bond acceptors (Lipinski definition) is 4. The Balaban J connectivity index is 1.96. The average Bonchev–Trinajstić information content (AvgIpc) is 2.91. The van der Waals surface area contributed by atoms with E-state index in [0.717, 1.165) is 5.56 Å². The Morgan fingerprint density at radius 3 is 2.57 bits per heavy atom. The predicted molar refractivity (Wildman–Crippen MR) is 78.8 cm³/mol. The van der Waals surface area contributed by atoms with E-state index >= 15 is 0 Å². The third-order valence-corrected chi connectivity index (χ3v) is 3.86. The van der Waals surface area contributed by atoms with Crippen molar-refractivity contribution in [1.29, 1.82) is 0 Å². The number of amides is 1. The third kappa shape index (κ3) is 4.17. The number of halogens is 1. The lowest BCUT2D eigenvalue weighted by molar-refractivity contribution is -0.189. The van der Waals surface area contributed by atoms with Crippen molar-refractivity contribution in [3.63, 3.8) is 0 Å². The van der Waals surface area contributed by atoms with Crippen LogP contribution < -0.4 is 5.32 Å². The van der Waals surface area contributed by atoms with Crippen LogP contribution in [0.4, 0.5) is 0 Å².